The lowest BCUT2D eigenvalue weighted by Crippen LogP contribution is -2.39. The molecule has 0 aliphatic carbocycles. The van der Waals surface area contributed by atoms with Crippen LogP contribution in [-0.4, -0.2) is 82.0 Å². The van der Waals surface area contributed by atoms with Crippen molar-refractivity contribution in [1.82, 2.24) is 14.2 Å². The molecule has 11 nitrogen and oxygen atoms in total. The molecule has 0 spiro atoms. The first kappa shape index (κ1) is 31.8. The molecule has 0 radical (unpaired) electrons. The molecule has 1 heterocycles. The third kappa shape index (κ3) is 7.31. The van der Waals surface area contributed by atoms with E-state index in [4.69, 9.17) is 25.0 Å². The molecule has 0 bridgehead atoms. The zero-order chi connectivity index (χ0) is 30.0. The topological polar surface area (TPSA) is 140 Å². The summed E-state index contributed by atoms with van der Waals surface area (Å²) in [5.41, 5.74) is 0.881. The molecular weight excluding hydrogens is 564 g/mol. The summed E-state index contributed by atoms with van der Waals surface area (Å²) in [6.07, 6.45) is 0.000921. The Morgan fingerprint density at radius 1 is 0.902 bits per heavy atom. The van der Waals surface area contributed by atoms with Gasteiger partial charge in [0, 0.05) is 44.6 Å². The van der Waals surface area contributed by atoms with Crippen molar-refractivity contribution in [1.29, 1.82) is 10.5 Å². The van der Waals surface area contributed by atoms with Gasteiger partial charge in [-0.2, -0.15) is 14.8 Å². The van der Waals surface area contributed by atoms with Gasteiger partial charge < -0.3 is 14.4 Å². The summed E-state index contributed by atoms with van der Waals surface area (Å²) < 4.78 is 39.3. The number of hydrogen-bond donors (Lipinski definition) is 0. The van der Waals surface area contributed by atoms with E-state index in [0.29, 0.717) is 40.8 Å². The maximum atomic E-state index is 13.9. The van der Waals surface area contributed by atoms with Crippen molar-refractivity contribution >= 4 is 42.6 Å². The number of carbonyl (C=O) groups is 1. The number of amides is 1. The second-order valence-electron chi connectivity index (χ2n) is 8.87. The zero-order valence-electron chi connectivity index (χ0n) is 23.7. The fraction of sp³-hybridized carbons (Fsp3) is 0.429. The first-order valence-electron chi connectivity index (χ1n) is 13.1. The molecule has 3 rings (SSSR count). The maximum Gasteiger partial charge on any atom is 0.260 e. The number of ether oxygens (including phenoxy) is 2. The number of methoxy groups -OCH3 is 2. The first-order valence-corrected chi connectivity index (χ1v) is 15.4. The molecule has 41 heavy (non-hydrogen) atoms. The number of aromatic nitrogens is 1. The molecule has 0 fully saturated rings. The Labute approximate surface area is 245 Å². The fourth-order valence-electron chi connectivity index (χ4n) is 4.23. The number of hydrogen-bond acceptors (Lipinski definition) is 10. The van der Waals surface area contributed by atoms with Crippen LogP contribution in [0, 0.1) is 22.7 Å². The van der Waals surface area contributed by atoms with Gasteiger partial charge in [0.2, 0.25) is 10.0 Å². The van der Waals surface area contributed by atoms with Crippen LogP contribution in [0.4, 0.5) is 5.13 Å². The van der Waals surface area contributed by atoms with Gasteiger partial charge in [0.25, 0.3) is 5.91 Å². The predicted octanol–water partition coefficient (Wildman–Crippen LogP) is 4.12. The summed E-state index contributed by atoms with van der Waals surface area (Å²) >= 11 is 1.32. The van der Waals surface area contributed by atoms with Crippen molar-refractivity contribution in [3.05, 3.63) is 42.0 Å². The molecule has 218 valence electrons. The Kier molecular flexibility index (Phi) is 11.4. The van der Waals surface area contributed by atoms with E-state index in [-0.39, 0.29) is 36.7 Å². The zero-order valence-corrected chi connectivity index (χ0v) is 25.3. The van der Waals surface area contributed by atoms with Crippen molar-refractivity contribution in [2.45, 2.75) is 31.6 Å². The summed E-state index contributed by atoms with van der Waals surface area (Å²) in [5.74, 6) is 0.850. The molecule has 0 atom stereocenters. The minimum atomic E-state index is -3.96. The van der Waals surface area contributed by atoms with E-state index in [9.17, 15) is 13.2 Å². The fourth-order valence-corrected chi connectivity index (χ4v) is 6.77. The smallest absolute Gasteiger partial charge is 0.260 e. The van der Waals surface area contributed by atoms with Gasteiger partial charge in [-0.05, 0) is 49.5 Å². The van der Waals surface area contributed by atoms with Crippen molar-refractivity contribution in [3.63, 3.8) is 0 Å². The lowest BCUT2D eigenvalue weighted by Gasteiger charge is -2.25. The Morgan fingerprint density at radius 3 is 2.02 bits per heavy atom. The van der Waals surface area contributed by atoms with Crippen LogP contribution in [-0.2, 0) is 10.0 Å². The van der Waals surface area contributed by atoms with Gasteiger partial charge in [-0.1, -0.05) is 25.2 Å². The van der Waals surface area contributed by atoms with Crippen LogP contribution in [0.15, 0.2) is 41.3 Å². The van der Waals surface area contributed by atoms with E-state index in [1.165, 1.54) is 35.6 Å². The van der Waals surface area contributed by atoms with E-state index in [1.807, 2.05) is 12.1 Å². The molecule has 0 saturated carbocycles. The van der Waals surface area contributed by atoms with Gasteiger partial charge in [0.1, 0.15) is 21.7 Å². The third-order valence-electron chi connectivity index (χ3n) is 6.59. The second-order valence-corrected chi connectivity index (χ2v) is 11.8. The van der Waals surface area contributed by atoms with Gasteiger partial charge in [0.05, 0.1) is 31.3 Å². The third-order valence-corrected chi connectivity index (χ3v) is 9.60. The van der Waals surface area contributed by atoms with Gasteiger partial charge in [-0.25, -0.2) is 13.4 Å². The maximum absolute atomic E-state index is 13.9. The van der Waals surface area contributed by atoms with Crippen molar-refractivity contribution in [3.8, 4) is 23.6 Å². The molecule has 0 unspecified atom stereocenters. The Balaban J connectivity index is 1.99. The summed E-state index contributed by atoms with van der Waals surface area (Å²) in [6.45, 7) is 6.68. The molecule has 13 heteroatoms. The average molecular weight is 599 g/mol. The van der Waals surface area contributed by atoms with Crippen LogP contribution in [0.5, 0.6) is 11.5 Å². The number of carbonyl (C=O) groups excluding carboxylic acids is 1. The van der Waals surface area contributed by atoms with Crippen molar-refractivity contribution in [2.24, 2.45) is 0 Å². The highest BCUT2D eigenvalue weighted by Crippen LogP contribution is 2.40. The summed E-state index contributed by atoms with van der Waals surface area (Å²) in [6, 6.07) is 13.1. The molecular formula is C28H34N6O5S2. The number of sulfonamides is 1. The van der Waals surface area contributed by atoms with E-state index >= 15 is 0 Å². The molecule has 1 aromatic heterocycles. The monoisotopic (exact) mass is 598 g/mol. The summed E-state index contributed by atoms with van der Waals surface area (Å²) in [4.78, 5) is 22.4. The van der Waals surface area contributed by atoms with Crippen LogP contribution >= 0.6 is 11.3 Å². The van der Waals surface area contributed by atoms with Crippen molar-refractivity contribution < 1.29 is 22.7 Å². The second kappa shape index (κ2) is 14.8. The Bertz CT molecular complexity index is 1460. The highest BCUT2D eigenvalue weighted by atomic mass is 32.2. The number of rotatable bonds is 15. The van der Waals surface area contributed by atoms with Crippen molar-refractivity contribution in [2.75, 3.05) is 58.4 Å². The molecule has 3 aromatic rings. The summed E-state index contributed by atoms with van der Waals surface area (Å²) in [5, 5.41) is 18.3. The molecule has 0 N–H and O–H groups in total. The van der Waals surface area contributed by atoms with Crippen LogP contribution in [0.25, 0.3) is 10.2 Å². The van der Waals surface area contributed by atoms with Gasteiger partial charge in [0.15, 0.2) is 5.13 Å². The number of nitrogens with zero attached hydrogens (tertiary/aromatic N) is 6. The SMILES string of the molecule is CCN(CC)CCN(C(=O)c1ccc(S(=O)(=O)N(CCC#N)CCC#N)cc1)c1nc2c(OC)ccc(OC)c2s1. The number of anilines is 1. The van der Waals surface area contributed by atoms with Crippen LogP contribution in [0.3, 0.4) is 0 Å². The molecule has 0 aliphatic rings. The molecule has 2 aromatic carbocycles. The molecule has 1 amide bonds. The minimum Gasteiger partial charge on any atom is -0.495 e. The van der Waals surface area contributed by atoms with Crippen LogP contribution in [0.1, 0.15) is 37.0 Å². The average Bonchev–Trinajstić information content (AvgIpc) is 3.44. The van der Waals surface area contributed by atoms with E-state index < -0.39 is 10.0 Å². The van der Waals surface area contributed by atoms with E-state index in [0.717, 1.165) is 22.1 Å². The van der Waals surface area contributed by atoms with Gasteiger partial charge in [-0.3, -0.25) is 9.69 Å². The highest BCUT2D eigenvalue weighted by molar-refractivity contribution is 7.89. The Hall–Kier alpha value is -3.75. The first-order chi connectivity index (χ1) is 19.7. The largest absolute Gasteiger partial charge is 0.495 e. The minimum absolute atomic E-state index is 0.000460. The molecule has 0 saturated heterocycles. The van der Waals surface area contributed by atoms with E-state index in [2.05, 4.69) is 18.7 Å². The summed E-state index contributed by atoms with van der Waals surface area (Å²) in [7, 11) is -0.833. The van der Waals surface area contributed by atoms with Crippen LogP contribution < -0.4 is 14.4 Å². The van der Waals surface area contributed by atoms with Gasteiger partial charge >= 0.3 is 0 Å². The standard InChI is InChI=1S/C28H34N6O5S2/c1-5-32(6-2)19-20-34(28-31-25-23(38-3)13-14-24(39-4)26(25)40-28)27(35)21-9-11-22(12-10-21)41(36,37)33(17-7-15-29)18-8-16-30/h9-14H,5-8,17-20H2,1-4H3. The normalized spacial score (nSPS) is 11.4. The van der Waals surface area contributed by atoms with E-state index in [1.54, 1.807) is 31.3 Å². The lowest BCUT2D eigenvalue weighted by atomic mass is 10.2. The molecule has 0 aliphatic heterocycles. The Morgan fingerprint density at radius 2 is 1.49 bits per heavy atom. The highest BCUT2D eigenvalue weighted by Gasteiger charge is 2.27. The number of fused-ring (bicyclic) bond motifs is 1. The lowest BCUT2D eigenvalue weighted by molar-refractivity contribution is 0.0983. The number of thiazole rings is 1. The number of likely N-dealkylation sites (N-methyl/N-ethyl adjacent to an activating group) is 1. The predicted molar refractivity (Wildman–Crippen MR) is 158 cm³/mol. The number of benzene rings is 2. The number of nitriles is 2. The quantitative estimate of drug-likeness (QED) is 0.253. The van der Waals surface area contributed by atoms with Crippen LogP contribution in [0.2, 0.25) is 0 Å². The van der Waals surface area contributed by atoms with Gasteiger partial charge in [-0.15, -0.1) is 0 Å².